The summed E-state index contributed by atoms with van der Waals surface area (Å²) in [5, 5.41) is 7.65. The molecule has 2 atom stereocenters. The summed E-state index contributed by atoms with van der Waals surface area (Å²) in [5.41, 5.74) is 1.20. The molecule has 0 bridgehead atoms. The number of aromatic nitrogens is 4. The van der Waals surface area contributed by atoms with E-state index in [2.05, 4.69) is 15.2 Å². The lowest BCUT2D eigenvalue weighted by molar-refractivity contribution is 0.0700. The first-order valence-corrected chi connectivity index (χ1v) is 9.66. The fourth-order valence-corrected chi connectivity index (χ4v) is 4.66. The predicted molar refractivity (Wildman–Crippen MR) is 103 cm³/mol. The Kier molecular flexibility index (Phi) is 3.82. The van der Waals surface area contributed by atoms with Gasteiger partial charge < -0.3 is 14.6 Å². The second-order valence-electron chi connectivity index (χ2n) is 7.76. The van der Waals surface area contributed by atoms with Gasteiger partial charge in [0.25, 0.3) is 5.91 Å². The maximum absolute atomic E-state index is 13.7. The molecule has 28 heavy (non-hydrogen) atoms. The molecule has 0 radical (unpaired) electrons. The summed E-state index contributed by atoms with van der Waals surface area (Å²) in [4.78, 5) is 30.8. The van der Waals surface area contributed by atoms with Gasteiger partial charge in [-0.1, -0.05) is 0 Å². The van der Waals surface area contributed by atoms with E-state index in [1.807, 2.05) is 29.3 Å². The van der Waals surface area contributed by atoms with E-state index >= 15 is 0 Å². The van der Waals surface area contributed by atoms with Crippen LogP contribution in [0.15, 0.2) is 29.2 Å². The number of hydrogen-bond donors (Lipinski definition) is 2. The van der Waals surface area contributed by atoms with Crippen LogP contribution in [0.25, 0.3) is 10.9 Å². The summed E-state index contributed by atoms with van der Waals surface area (Å²) < 4.78 is 7.05. The molecule has 2 fully saturated rings. The maximum Gasteiger partial charge on any atom is 0.343 e. The fraction of sp³-hybridized carbons (Fsp3) is 0.450. The summed E-state index contributed by atoms with van der Waals surface area (Å²) in [6, 6.07) is 5.43. The number of H-pyrrole nitrogens is 2. The average Bonchev–Trinajstić information content (AvgIpc) is 3.12. The van der Waals surface area contributed by atoms with E-state index in [1.54, 1.807) is 14.2 Å². The summed E-state index contributed by atoms with van der Waals surface area (Å²) in [5.74, 6) is 2.04. The smallest absolute Gasteiger partial charge is 0.343 e. The Labute approximate surface area is 161 Å². The normalized spacial score (nSPS) is 22.1. The highest BCUT2D eigenvalue weighted by Gasteiger charge is 2.48. The van der Waals surface area contributed by atoms with Gasteiger partial charge in [-0.2, -0.15) is 5.10 Å². The van der Waals surface area contributed by atoms with Gasteiger partial charge in [-0.05, 0) is 49.3 Å². The van der Waals surface area contributed by atoms with Crippen LogP contribution in [-0.4, -0.2) is 44.2 Å². The SMILES string of the molecule is COc1ccc2[nH]ccc2c1C(=O)N1CCC(C2CC2)C1c1n[nH]c(=O)n1C. The Balaban J connectivity index is 1.61. The van der Waals surface area contributed by atoms with Crippen molar-refractivity contribution in [2.75, 3.05) is 13.7 Å². The molecule has 3 heterocycles. The minimum atomic E-state index is -0.255. The molecule has 0 spiro atoms. The van der Waals surface area contributed by atoms with Crippen LogP contribution in [0.2, 0.25) is 0 Å². The summed E-state index contributed by atoms with van der Waals surface area (Å²) in [7, 11) is 3.29. The van der Waals surface area contributed by atoms with E-state index in [0.29, 0.717) is 35.5 Å². The number of likely N-dealkylation sites (tertiary alicyclic amines) is 1. The summed E-state index contributed by atoms with van der Waals surface area (Å²) >= 11 is 0. The first kappa shape index (κ1) is 17.1. The third kappa shape index (κ3) is 2.47. The van der Waals surface area contributed by atoms with Crippen LogP contribution >= 0.6 is 0 Å². The molecule has 1 aliphatic carbocycles. The molecule has 5 rings (SSSR count). The number of rotatable bonds is 4. The predicted octanol–water partition coefficient (Wildman–Crippen LogP) is 2.21. The van der Waals surface area contributed by atoms with Crippen molar-refractivity contribution in [1.29, 1.82) is 0 Å². The molecule has 1 aliphatic heterocycles. The topological polar surface area (TPSA) is 96.0 Å². The van der Waals surface area contributed by atoms with E-state index in [0.717, 1.165) is 17.3 Å². The number of nitrogens with one attached hydrogen (secondary N) is 2. The Hall–Kier alpha value is -3.03. The van der Waals surface area contributed by atoms with Gasteiger partial charge in [0, 0.05) is 30.7 Å². The van der Waals surface area contributed by atoms with Crippen molar-refractivity contribution < 1.29 is 9.53 Å². The second kappa shape index (κ2) is 6.25. The van der Waals surface area contributed by atoms with Crippen molar-refractivity contribution in [2.24, 2.45) is 18.9 Å². The van der Waals surface area contributed by atoms with Crippen molar-refractivity contribution in [3.63, 3.8) is 0 Å². The van der Waals surface area contributed by atoms with Crippen LogP contribution in [0.3, 0.4) is 0 Å². The van der Waals surface area contributed by atoms with Crippen LogP contribution in [0.5, 0.6) is 5.75 Å². The summed E-state index contributed by atoms with van der Waals surface area (Å²) in [6.07, 6.45) is 5.11. The van der Waals surface area contributed by atoms with E-state index in [-0.39, 0.29) is 17.6 Å². The number of methoxy groups -OCH3 is 1. The molecular formula is C20H23N5O3. The van der Waals surface area contributed by atoms with Crippen LogP contribution in [0.1, 0.15) is 41.5 Å². The molecule has 1 aromatic carbocycles. The molecule has 8 nitrogen and oxygen atoms in total. The van der Waals surface area contributed by atoms with Crippen molar-refractivity contribution in [3.8, 4) is 5.75 Å². The van der Waals surface area contributed by atoms with Crippen molar-refractivity contribution in [2.45, 2.75) is 25.3 Å². The zero-order valence-electron chi connectivity index (χ0n) is 15.9. The molecule has 1 saturated heterocycles. The lowest BCUT2D eigenvalue weighted by atomic mass is 9.94. The highest BCUT2D eigenvalue weighted by atomic mass is 16.5. The van der Waals surface area contributed by atoms with Crippen LogP contribution in [0.4, 0.5) is 0 Å². The van der Waals surface area contributed by atoms with Crippen LogP contribution < -0.4 is 10.4 Å². The lowest BCUT2D eigenvalue weighted by Gasteiger charge is -2.28. The fourth-order valence-electron chi connectivity index (χ4n) is 4.66. The highest BCUT2D eigenvalue weighted by molar-refractivity contribution is 6.09. The molecule has 1 saturated carbocycles. The third-order valence-corrected chi connectivity index (χ3v) is 6.24. The Bertz CT molecular complexity index is 1110. The Morgan fingerprint density at radius 1 is 1.25 bits per heavy atom. The number of amides is 1. The van der Waals surface area contributed by atoms with Gasteiger partial charge in [0.2, 0.25) is 0 Å². The number of ether oxygens (including phenoxy) is 1. The Morgan fingerprint density at radius 3 is 2.75 bits per heavy atom. The molecule has 2 aromatic heterocycles. The molecule has 2 N–H and O–H groups in total. The lowest BCUT2D eigenvalue weighted by Crippen LogP contribution is -2.35. The number of aromatic amines is 2. The molecule has 2 unspecified atom stereocenters. The molecule has 1 amide bonds. The molecule has 146 valence electrons. The van der Waals surface area contributed by atoms with Crippen LogP contribution in [0, 0.1) is 11.8 Å². The van der Waals surface area contributed by atoms with Crippen LogP contribution in [-0.2, 0) is 7.05 Å². The monoisotopic (exact) mass is 381 g/mol. The van der Waals surface area contributed by atoms with Crippen molar-refractivity contribution in [1.82, 2.24) is 24.6 Å². The van der Waals surface area contributed by atoms with Gasteiger partial charge in [0.1, 0.15) is 5.75 Å². The van der Waals surface area contributed by atoms with Gasteiger partial charge in [-0.25, -0.2) is 9.89 Å². The third-order valence-electron chi connectivity index (χ3n) is 6.24. The number of benzene rings is 1. The zero-order chi connectivity index (χ0) is 19.4. The van der Waals surface area contributed by atoms with Crippen molar-refractivity contribution >= 4 is 16.8 Å². The van der Waals surface area contributed by atoms with Gasteiger partial charge in [-0.3, -0.25) is 9.36 Å². The number of hydrogen-bond acceptors (Lipinski definition) is 4. The van der Waals surface area contributed by atoms with E-state index in [4.69, 9.17) is 4.74 Å². The molecular weight excluding hydrogens is 358 g/mol. The standard InChI is InChI=1S/C20H23N5O3/c1-24-18(22-23-20(24)27)17-12(11-3-4-11)8-10-25(17)19(26)16-13-7-9-21-14(13)5-6-15(16)28-2/h5-7,9,11-12,17,21H,3-4,8,10H2,1-2H3,(H,23,27). The maximum atomic E-state index is 13.7. The summed E-state index contributed by atoms with van der Waals surface area (Å²) in [6.45, 7) is 0.648. The van der Waals surface area contributed by atoms with Gasteiger partial charge in [-0.15, -0.1) is 0 Å². The van der Waals surface area contributed by atoms with E-state index in [1.165, 1.54) is 17.4 Å². The first-order chi connectivity index (χ1) is 13.6. The van der Waals surface area contributed by atoms with Gasteiger partial charge in [0.05, 0.1) is 18.7 Å². The molecule has 2 aliphatic rings. The van der Waals surface area contributed by atoms with E-state index < -0.39 is 0 Å². The second-order valence-corrected chi connectivity index (χ2v) is 7.76. The number of nitrogens with zero attached hydrogens (tertiary/aromatic N) is 3. The largest absolute Gasteiger partial charge is 0.496 e. The quantitative estimate of drug-likeness (QED) is 0.724. The first-order valence-electron chi connectivity index (χ1n) is 9.66. The molecule has 8 heteroatoms. The van der Waals surface area contributed by atoms with Crippen molar-refractivity contribution in [3.05, 3.63) is 46.3 Å². The number of carbonyl (C=O) groups excluding carboxylic acids is 1. The minimum absolute atomic E-state index is 0.0781. The minimum Gasteiger partial charge on any atom is -0.496 e. The zero-order valence-corrected chi connectivity index (χ0v) is 15.9. The molecule has 3 aromatic rings. The number of fused-ring (bicyclic) bond motifs is 1. The average molecular weight is 381 g/mol. The Morgan fingerprint density at radius 2 is 2.07 bits per heavy atom. The number of carbonyl (C=O) groups is 1. The van der Waals surface area contributed by atoms with E-state index in [9.17, 15) is 9.59 Å². The highest BCUT2D eigenvalue weighted by Crippen LogP contribution is 2.50. The van der Waals surface area contributed by atoms with Gasteiger partial charge in [0.15, 0.2) is 5.82 Å². The van der Waals surface area contributed by atoms with Gasteiger partial charge >= 0.3 is 5.69 Å².